The molecule has 2 aromatic heterocycles. The highest BCUT2D eigenvalue weighted by Gasteiger charge is 2.15. The van der Waals surface area contributed by atoms with Crippen molar-refractivity contribution in [3.8, 4) is 0 Å². The number of hydrogen-bond donors (Lipinski definition) is 1. The first-order chi connectivity index (χ1) is 7.59. The van der Waals surface area contributed by atoms with E-state index in [1.54, 1.807) is 11.3 Å². The lowest BCUT2D eigenvalue weighted by molar-refractivity contribution is 0.856. The molecule has 0 aliphatic heterocycles. The van der Waals surface area contributed by atoms with Gasteiger partial charge in [0.05, 0.1) is 6.04 Å². The lowest BCUT2D eigenvalue weighted by atomic mass is 10.0. The summed E-state index contributed by atoms with van der Waals surface area (Å²) in [6, 6.07) is 6.16. The first-order valence-electron chi connectivity index (χ1n) is 5.33. The number of thiophene rings is 1. The van der Waals surface area contributed by atoms with E-state index in [4.69, 9.17) is 5.73 Å². The largest absolute Gasteiger partial charge is 0.320 e. The maximum Gasteiger partial charge on any atom is 0.0666 e. The zero-order chi connectivity index (χ0) is 11.7. The molecule has 2 aromatic rings. The van der Waals surface area contributed by atoms with Crippen LogP contribution in [-0.2, 0) is 0 Å². The van der Waals surface area contributed by atoms with Crippen molar-refractivity contribution in [2.75, 3.05) is 0 Å². The third-order valence-corrected chi connectivity index (χ3v) is 3.89. The summed E-state index contributed by atoms with van der Waals surface area (Å²) < 4.78 is 0. The molecule has 0 saturated carbocycles. The SMILES string of the molecule is Cc1ccc(C(N)c2sccc2C)c(C)n1. The number of nitrogens with two attached hydrogens (primary N) is 1. The van der Waals surface area contributed by atoms with Crippen LogP contribution >= 0.6 is 11.3 Å². The van der Waals surface area contributed by atoms with Crippen molar-refractivity contribution in [1.29, 1.82) is 0 Å². The van der Waals surface area contributed by atoms with Crippen LogP contribution in [0.4, 0.5) is 0 Å². The second kappa shape index (κ2) is 4.36. The molecule has 0 bridgehead atoms. The molecule has 0 spiro atoms. The number of nitrogens with zero attached hydrogens (tertiary/aromatic N) is 1. The number of aryl methyl sites for hydroxylation is 3. The Morgan fingerprint density at radius 2 is 1.94 bits per heavy atom. The smallest absolute Gasteiger partial charge is 0.0666 e. The second-order valence-corrected chi connectivity index (χ2v) is 5.02. The molecule has 1 unspecified atom stereocenters. The van der Waals surface area contributed by atoms with Gasteiger partial charge in [0.15, 0.2) is 0 Å². The van der Waals surface area contributed by atoms with Gasteiger partial charge < -0.3 is 5.73 Å². The molecule has 0 aliphatic carbocycles. The molecule has 84 valence electrons. The van der Waals surface area contributed by atoms with Gasteiger partial charge >= 0.3 is 0 Å². The van der Waals surface area contributed by atoms with Crippen LogP contribution in [0.1, 0.15) is 33.4 Å². The minimum atomic E-state index is -0.0481. The van der Waals surface area contributed by atoms with E-state index in [0.29, 0.717) is 0 Å². The average Bonchev–Trinajstić information content (AvgIpc) is 2.63. The third-order valence-electron chi connectivity index (χ3n) is 2.79. The number of hydrogen-bond acceptors (Lipinski definition) is 3. The summed E-state index contributed by atoms with van der Waals surface area (Å²) in [5.41, 5.74) is 10.7. The molecule has 3 heteroatoms. The number of pyridine rings is 1. The molecule has 0 radical (unpaired) electrons. The van der Waals surface area contributed by atoms with Crippen molar-refractivity contribution in [1.82, 2.24) is 4.98 Å². The van der Waals surface area contributed by atoms with Gasteiger partial charge in [-0.15, -0.1) is 11.3 Å². The van der Waals surface area contributed by atoms with Crippen molar-refractivity contribution in [3.05, 3.63) is 51.0 Å². The Labute approximate surface area is 100 Å². The van der Waals surface area contributed by atoms with Crippen LogP contribution in [0, 0.1) is 20.8 Å². The minimum Gasteiger partial charge on any atom is -0.320 e. The Balaban J connectivity index is 2.41. The normalized spacial score (nSPS) is 12.8. The first-order valence-corrected chi connectivity index (χ1v) is 6.21. The molecule has 0 aromatic carbocycles. The van der Waals surface area contributed by atoms with Gasteiger partial charge in [0.1, 0.15) is 0 Å². The van der Waals surface area contributed by atoms with Gasteiger partial charge in [-0.1, -0.05) is 6.07 Å². The lowest BCUT2D eigenvalue weighted by Gasteiger charge is -2.14. The molecule has 1 atom stereocenters. The molecular weight excluding hydrogens is 216 g/mol. The van der Waals surface area contributed by atoms with Crippen LogP contribution < -0.4 is 5.73 Å². The van der Waals surface area contributed by atoms with Gasteiger partial charge in [-0.3, -0.25) is 4.98 Å². The zero-order valence-corrected chi connectivity index (χ0v) is 10.6. The van der Waals surface area contributed by atoms with Gasteiger partial charge in [-0.2, -0.15) is 0 Å². The van der Waals surface area contributed by atoms with Crippen LogP contribution in [0.2, 0.25) is 0 Å². The van der Waals surface area contributed by atoms with E-state index >= 15 is 0 Å². The Bertz CT molecular complexity index is 502. The van der Waals surface area contributed by atoms with E-state index in [9.17, 15) is 0 Å². The molecule has 16 heavy (non-hydrogen) atoms. The van der Waals surface area contributed by atoms with E-state index < -0.39 is 0 Å². The summed E-state index contributed by atoms with van der Waals surface area (Å²) in [5, 5.41) is 2.08. The van der Waals surface area contributed by atoms with Crippen molar-refractivity contribution in [3.63, 3.8) is 0 Å². The minimum absolute atomic E-state index is 0.0481. The van der Waals surface area contributed by atoms with Crippen molar-refractivity contribution >= 4 is 11.3 Å². The van der Waals surface area contributed by atoms with Gasteiger partial charge in [-0.25, -0.2) is 0 Å². The summed E-state index contributed by atoms with van der Waals surface area (Å²) in [4.78, 5) is 5.69. The Morgan fingerprint density at radius 1 is 1.19 bits per heavy atom. The standard InChI is InChI=1S/C13H16N2S/c1-8-6-7-16-13(8)12(14)11-5-4-9(2)15-10(11)3/h4-7,12H,14H2,1-3H3. The predicted octanol–water partition coefficient (Wildman–Crippen LogP) is 3.12. The second-order valence-electron chi connectivity index (χ2n) is 4.07. The highest BCUT2D eigenvalue weighted by Crippen LogP contribution is 2.28. The van der Waals surface area contributed by atoms with E-state index in [1.165, 1.54) is 10.4 Å². The van der Waals surface area contributed by atoms with Crippen molar-refractivity contribution in [2.24, 2.45) is 5.73 Å². The highest BCUT2D eigenvalue weighted by molar-refractivity contribution is 7.10. The molecule has 2 nitrogen and oxygen atoms in total. The van der Waals surface area contributed by atoms with Crippen LogP contribution in [0.5, 0.6) is 0 Å². The van der Waals surface area contributed by atoms with E-state index in [-0.39, 0.29) is 6.04 Å². The first kappa shape index (κ1) is 11.3. The monoisotopic (exact) mass is 232 g/mol. The molecule has 0 saturated heterocycles. The number of aromatic nitrogens is 1. The molecule has 0 amide bonds. The highest BCUT2D eigenvalue weighted by atomic mass is 32.1. The van der Waals surface area contributed by atoms with Crippen LogP contribution in [0.15, 0.2) is 23.6 Å². The quantitative estimate of drug-likeness (QED) is 0.864. The van der Waals surface area contributed by atoms with E-state index in [0.717, 1.165) is 17.0 Å². The zero-order valence-electron chi connectivity index (χ0n) is 9.82. The number of rotatable bonds is 2. The maximum absolute atomic E-state index is 6.28. The fraction of sp³-hybridized carbons (Fsp3) is 0.308. The Morgan fingerprint density at radius 3 is 2.50 bits per heavy atom. The van der Waals surface area contributed by atoms with Crippen LogP contribution in [-0.4, -0.2) is 4.98 Å². The lowest BCUT2D eigenvalue weighted by Crippen LogP contribution is -2.13. The molecule has 0 aliphatic rings. The third kappa shape index (κ3) is 2.01. The fourth-order valence-electron chi connectivity index (χ4n) is 1.87. The molecule has 2 heterocycles. The van der Waals surface area contributed by atoms with Gasteiger partial charge in [-0.05, 0) is 49.4 Å². The average molecular weight is 232 g/mol. The maximum atomic E-state index is 6.28. The summed E-state index contributed by atoms with van der Waals surface area (Å²) in [5.74, 6) is 0. The van der Waals surface area contributed by atoms with Crippen molar-refractivity contribution in [2.45, 2.75) is 26.8 Å². The van der Waals surface area contributed by atoms with Crippen LogP contribution in [0.3, 0.4) is 0 Å². The predicted molar refractivity (Wildman–Crippen MR) is 68.8 cm³/mol. The van der Waals surface area contributed by atoms with Gasteiger partial charge in [0.2, 0.25) is 0 Å². The molecule has 2 N–H and O–H groups in total. The summed E-state index contributed by atoms with van der Waals surface area (Å²) in [6.45, 7) is 6.12. The molecule has 2 rings (SSSR count). The summed E-state index contributed by atoms with van der Waals surface area (Å²) in [7, 11) is 0. The summed E-state index contributed by atoms with van der Waals surface area (Å²) >= 11 is 1.71. The molecule has 0 fully saturated rings. The topological polar surface area (TPSA) is 38.9 Å². The fourth-order valence-corrected chi connectivity index (χ4v) is 2.82. The van der Waals surface area contributed by atoms with E-state index in [2.05, 4.69) is 29.4 Å². The van der Waals surface area contributed by atoms with Gasteiger partial charge in [0, 0.05) is 16.3 Å². The van der Waals surface area contributed by atoms with Crippen molar-refractivity contribution < 1.29 is 0 Å². The summed E-state index contributed by atoms with van der Waals surface area (Å²) in [6.07, 6.45) is 0. The van der Waals surface area contributed by atoms with Gasteiger partial charge in [0.25, 0.3) is 0 Å². The Hall–Kier alpha value is -1.19. The van der Waals surface area contributed by atoms with E-state index in [1.807, 2.05) is 19.9 Å². The van der Waals surface area contributed by atoms with Crippen LogP contribution in [0.25, 0.3) is 0 Å². The Kier molecular flexibility index (Phi) is 3.08. The molecular formula is C13H16N2S.